The van der Waals surface area contributed by atoms with Crippen molar-refractivity contribution in [3.63, 3.8) is 0 Å². The molecule has 1 fully saturated rings. The Labute approximate surface area is 168 Å². The Morgan fingerprint density at radius 2 is 2.03 bits per heavy atom. The average molecular weight is 387 g/mol. The number of aromatic amines is 1. The maximum Gasteiger partial charge on any atom is 0.328 e. The van der Waals surface area contributed by atoms with E-state index < -0.39 is 12.1 Å². The maximum atomic E-state index is 13.2. The van der Waals surface area contributed by atoms with Crippen molar-refractivity contribution in [2.24, 2.45) is 0 Å². The molecule has 29 heavy (non-hydrogen) atoms. The molecule has 1 N–H and O–H groups in total. The normalized spacial score (nSPS) is 20.7. The predicted octanol–water partition coefficient (Wildman–Crippen LogP) is 3.64. The monoisotopic (exact) mass is 387 g/mol. The Morgan fingerprint density at radius 3 is 2.83 bits per heavy atom. The summed E-state index contributed by atoms with van der Waals surface area (Å²) in [5.74, 6) is 0.543. The highest BCUT2D eigenvalue weighted by Gasteiger charge is 2.52. The van der Waals surface area contributed by atoms with Crippen molar-refractivity contribution in [1.29, 1.82) is 0 Å². The van der Waals surface area contributed by atoms with Gasteiger partial charge in [0.1, 0.15) is 17.8 Å². The lowest BCUT2D eigenvalue weighted by Gasteiger charge is -2.36. The molecule has 0 bridgehead atoms. The van der Waals surface area contributed by atoms with Gasteiger partial charge in [-0.15, -0.1) is 6.58 Å². The fraction of sp³-hybridized carbons (Fsp3) is 0.217. The van der Waals surface area contributed by atoms with E-state index in [9.17, 15) is 9.59 Å². The van der Waals surface area contributed by atoms with E-state index in [2.05, 4.69) is 17.6 Å². The van der Waals surface area contributed by atoms with Crippen LogP contribution < -0.4 is 4.74 Å². The molecule has 0 aliphatic carbocycles. The Kier molecular flexibility index (Phi) is 3.94. The number of methoxy groups -OCH3 is 1. The van der Waals surface area contributed by atoms with Crippen LogP contribution in [0.2, 0.25) is 0 Å². The van der Waals surface area contributed by atoms with E-state index >= 15 is 0 Å². The first kappa shape index (κ1) is 17.6. The molecule has 2 unspecified atom stereocenters. The SMILES string of the molecule is C=CCN1C(=O)C2Cc3c([nH]c4ccccc34)C(c3cccc(OC)c3)N2C1=O. The van der Waals surface area contributed by atoms with Crippen molar-refractivity contribution in [2.45, 2.75) is 18.5 Å². The Hall–Kier alpha value is -3.54. The molecule has 2 aromatic carbocycles. The second kappa shape index (κ2) is 6.51. The molecule has 0 spiro atoms. The summed E-state index contributed by atoms with van der Waals surface area (Å²) in [6.07, 6.45) is 2.08. The quantitative estimate of drug-likeness (QED) is 0.549. The van der Waals surface area contributed by atoms with Gasteiger partial charge < -0.3 is 9.72 Å². The first-order valence-corrected chi connectivity index (χ1v) is 9.62. The van der Waals surface area contributed by atoms with Gasteiger partial charge in [-0.2, -0.15) is 0 Å². The number of carbonyl (C=O) groups is 2. The van der Waals surface area contributed by atoms with E-state index in [1.165, 1.54) is 4.90 Å². The number of urea groups is 1. The van der Waals surface area contributed by atoms with Gasteiger partial charge in [-0.1, -0.05) is 36.4 Å². The number of ether oxygens (including phenoxy) is 1. The van der Waals surface area contributed by atoms with Crippen molar-refractivity contribution in [3.05, 3.63) is 78.0 Å². The molecule has 6 nitrogen and oxygen atoms in total. The van der Waals surface area contributed by atoms with Crippen molar-refractivity contribution in [3.8, 4) is 5.75 Å². The second-order valence-corrected chi connectivity index (χ2v) is 7.39. The molecular weight excluding hydrogens is 366 g/mol. The number of aromatic nitrogens is 1. The number of amides is 3. The summed E-state index contributed by atoms with van der Waals surface area (Å²) < 4.78 is 5.41. The summed E-state index contributed by atoms with van der Waals surface area (Å²) in [5.41, 5.74) is 3.96. The van der Waals surface area contributed by atoms with E-state index in [1.54, 1.807) is 18.1 Å². The summed E-state index contributed by atoms with van der Waals surface area (Å²) in [6.45, 7) is 3.91. The summed E-state index contributed by atoms with van der Waals surface area (Å²) in [5, 5.41) is 1.09. The van der Waals surface area contributed by atoms with Crippen LogP contribution in [0.25, 0.3) is 10.9 Å². The number of carbonyl (C=O) groups excluding carboxylic acids is 2. The fourth-order valence-corrected chi connectivity index (χ4v) is 4.58. The number of H-pyrrole nitrogens is 1. The first-order chi connectivity index (χ1) is 14.1. The number of rotatable bonds is 4. The van der Waals surface area contributed by atoms with Crippen LogP contribution in [0.3, 0.4) is 0 Å². The van der Waals surface area contributed by atoms with Gasteiger partial charge in [-0.3, -0.25) is 14.6 Å². The predicted molar refractivity (Wildman–Crippen MR) is 110 cm³/mol. The van der Waals surface area contributed by atoms with Crippen molar-refractivity contribution in [1.82, 2.24) is 14.8 Å². The summed E-state index contributed by atoms with van der Waals surface area (Å²) in [6, 6.07) is 14.5. The number of hydrogen-bond acceptors (Lipinski definition) is 3. The van der Waals surface area contributed by atoms with Crippen molar-refractivity contribution in [2.75, 3.05) is 13.7 Å². The Balaban J connectivity index is 1.73. The molecule has 2 aliphatic heterocycles. The summed E-state index contributed by atoms with van der Waals surface area (Å²) in [4.78, 5) is 32.8. The maximum absolute atomic E-state index is 13.2. The molecule has 1 saturated heterocycles. The van der Waals surface area contributed by atoms with Crippen LogP contribution in [-0.4, -0.2) is 46.4 Å². The van der Waals surface area contributed by atoms with Gasteiger partial charge in [0.15, 0.2) is 0 Å². The van der Waals surface area contributed by atoms with Crippen molar-refractivity contribution >= 4 is 22.8 Å². The minimum absolute atomic E-state index is 0.168. The molecule has 2 aliphatic rings. The molecule has 5 rings (SSSR count). The zero-order valence-corrected chi connectivity index (χ0v) is 16.1. The molecule has 146 valence electrons. The molecule has 3 heterocycles. The van der Waals surface area contributed by atoms with Gasteiger partial charge in [0.2, 0.25) is 0 Å². The van der Waals surface area contributed by atoms with Gasteiger partial charge in [0.25, 0.3) is 5.91 Å². The molecule has 2 atom stereocenters. The molecule has 6 heteroatoms. The first-order valence-electron chi connectivity index (χ1n) is 9.62. The Bertz CT molecular complexity index is 1150. The van der Waals surface area contributed by atoms with Crippen LogP contribution in [0.5, 0.6) is 5.75 Å². The van der Waals surface area contributed by atoms with E-state index in [0.717, 1.165) is 27.7 Å². The average Bonchev–Trinajstić information content (AvgIpc) is 3.23. The number of nitrogens with zero attached hydrogens (tertiary/aromatic N) is 2. The molecule has 1 aromatic heterocycles. The highest BCUT2D eigenvalue weighted by molar-refractivity contribution is 6.06. The third-order valence-electron chi connectivity index (χ3n) is 5.86. The van der Waals surface area contributed by atoms with Gasteiger partial charge >= 0.3 is 6.03 Å². The summed E-state index contributed by atoms with van der Waals surface area (Å²) in [7, 11) is 1.62. The van der Waals surface area contributed by atoms with Crippen LogP contribution >= 0.6 is 0 Å². The lowest BCUT2D eigenvalue weighted by Crippen LogP contribution is -2.44. The van der Waals surface area contributed by atoms with Crippen LogP contribution in [0.4, 0.5) is 4.79 Å². The number of nitrogens with one attached hydrogen (secondary N) is 1. The minimum atomic E-state index is -0.523. The minimum Gasteiger partial charge on any atom is -0.497 e. The highest BCUT2D eigenvalue weighted by Crippen LogP contribution is 2.44. The highest BCUT2D eigenvalue weighted by atomic mass is 16.5. The van der Waals surface area contributed by atoms with E-state index in [-0.39, 0.29) is 18.5 Å². The standard InChI is InChI=1S/C23H21N3O3/c1-3-11-25-22(27)19-13-17-16-9-4-5-10-18(16)24-20(17)21(26(19)23(25)28)14-7-6-8-15(12-14)29-2/h3-10,12,19,21,24H,1,11,13H2,2H3. The summed E-state index contributed by atoms with van der Waals surface area (Å²) >= 11 is 0. The number of para-hydroxylation sites is 1. The van der Waals surface area contributed by atoms with Crippen molar-refractivity contribution < 1.29 is 14.3 Å². The topological polar surface area (TPSA) is 65.6 Å². The third-order valence-corrected chi connectivity index (χ3v) is 5.86. The second-order valence-electron chi connectivity index (χ2n) is 7.39. The fourth-order valence-electron chi connectivity index (χ4n) is 4.58. The number of fused-ring (bicyclic) bond motifs is 4. The molecular formula is C23H21N3O3. The van der Waals surface area contributed by atoms with Crippen LogP contribution in [0, 0.1) is 0 Å². The van der Waals surface area contributed by atoms with E-state index in [1.807, 2.05) is 42.5 Å². The lowest BCUT2D eigenvalue weighted by atomic mass is 9.89. The van der Waals surface area contributed by atoms with Gasteiger partial charge in [0, 0.05) is 29.6 Å². The van der Waals surface area contributed by atoms with E-state index in [0.29, 0.717) is 12.2 Å². The van der Waals surface area contributed by atoms with Crippen LogP contribution in [0.1, 0.15) is 22.9 Å². The lowest BCUT2D eigenvalue weighted by molar-refractivity contribution is -0.128. The van der Waals surface area contributed by atoms with Crippen LogP contribution in [-0.2, 0) is 11.2 Å². The van der Waals surface area contributed by atoms with Gasteiger partial charge in [0.05, 0.1) is 7.11 Å². The van der Waals surface area contributed by atoms with Gasteiger partial charge in [-0.05, 0) is 29.3 Å². The molecule has 0 saturated carbocycles. The Morgan fingerprint density at radius 1 is 1.21 bits per heavy atom. The third kappa shape index (κ3) is 2.49. The molecule has 0 radical (unpaired) electrons. The zero-order chi connectivity index (χ0) is 20.1. The van der Waals surface area contributed by atoms with Gasteiger partial charge in [-0.25, -0.2) is 4.79 Å². The van der Waals surface area contributed by atoms with E-state index in [4.69, 9.17) is 4.74 Å². The molecule has 3 aromatic rings. The number of hydrogen-bond donors (Lipinski definition) is 1. The van der Waals surface area contributed by atoms with Crippen LogP contribution in [0.15, 0.2) is 61.2 Å². The zero-order valence-electron chi connectivity index (χ0n) is 16.1. The number of imide groups is 1. The largest absolute Gasteiger partial charge is 0.497 e. The smallest absolute Gasteiger partial charge is 0.328 e. The number of benzene rings is 2. The molecule has 3 amide bonds.